The normalized spacial score (nSPS) is 23.8. The molecule has 3 aromatic heterocycles. The van der Waals surface area contributed by atoms with Crippen LogP contribution in [0.15, 0.2) is 53.7 Å². The smallest absolute Gasteiger partial charge is 0.237 e. The molecule has 228 valence electrons. The van der Waals surface area contributed by atoms with Gasteiger partial charge in [0.05, 0.1) is 19.3 Å². The predicted molar refractivity (Wildman–Crippen MR) is 175 cm³/mol. The summed E-state index contributed by atoms with van der Waals surface area (Å²) in [6.07, 6.45) is 15.3. The maximum absolute atomic E-state index is 6.05. The predicted octanol–water partition coefficient (Wildman–Crippen LogP) is 7.34. The number of anilines is 2. The van der Waals surface area contributed by atoms with E-state index >= 15 is 0 Å². The van der Waals surface area contributed by atoms with Gasteiger partial charge in [-0.15, -0.1) is 11.8 Å². The highest BCUT2D eigenvalue weighted by Gasteiger charge is 2.33. The molecule has 0 unspecified atom stereocenters. The highest BCUT2D eigenvalue weighted by molar-refractivity contribution is 7.98. The van der Waals surface area contributed by atoms with Crippen LogP contribution < -0.4 is 10.2 Å². The van der Waals surface area contributed by atoms with Gasteiger partial charge in [-0.3, -0.25) is 4.57 Å². The lowest BCUT2D eigenvalue weighted by Crippen LogP contribution is -2.41. The molecule has 3 aliphatic rings. The average Bonchev–Trinajstić information content (AvgIpc) is 3.63. The fourth-order valence-corrected chi connectivity index (χ4v) is 7.50. The van der Waals surface area contributed by atoms with E-state index in [9.17, 15) is 0 Å². The lowest BCUT2D eigenvalue weighted by atomic mass is 9.80. The molecule has 0 radical (unpaired) electrons. The Balaban J connectivity index is 1.37. The fourth-order valence-electron chi connectivity index (χ4n) is 7.08. The molecule has 4 aromatic rings. The van der Waals surface area contributed by atoms with E-state index in [1.807, 2.05) is 4.57 Å². The fraction of sp³-hybridized carbons (Fsp3) is 0.559. The number of hydrogen-bond donors (Lipinski definition) is 1. The molecule has 8 nitrogen and oxygen atoms in total. The van der Waals surface area contributed by atoms with Gasteiger partial charge >= 0.3 is 0 Å². The first kappa shape index (κ1) is 28.7. The van der Waals surface area contributed by atoms with Gasteiger partial charge in [-0.1, -0.05) is 56.5 Å². The first-order chi connectivity index (χ1) is 21.1. The summed E-state index contributed by atoms with van der Waals surface area (Å²) in [4.78, 5) is 19.4. The van der Waals surface area contributed by atoms with Crippen molar-refractivity contribution in [1.29, 1.82) is 0 Å². The quantitative estimate of drug-likeness (QED) is 0.202. The molecule has 4 heterocycles. The minimum absolute atomic E-state index is 0.100. The minimum Gasteiger partial charge on any atom is -0.377 e. The number of fused-ring (bicyclic) bond motifs is 1. The molecule has 7 rings (SSSR count). The third-order valence-corrected chi connectivity index (χ3v) is 10.8. The second-order valence-corrected chi connectivity index (χ2v) is 13.8. The highest BCUT2D eigenvalue weighted by Crippen LogP contribution is 2.38. The SMILES string of the molecule is CSc1ccn(-c2nc(N[C@H](C)C3CCC3)c3c(n2)nc(N2CCOC[C@H]2c2ccccc2)n3CC2CCC(C)CC2)c1. The van der Waals surface area contributed by atoms with Gasteiger partial charge in [0.1, 0.15) is 5.52 Å². The number of rotatable bonds is 9. The molecule has 1 aliphatic heterocycles. The van der Waals surface area contributed by atoms with Crippen molar-refractivity contribution in [3.63, 3.8) is 0 Å². The Kier molecular flexibility index (Phi) is 8.36. The molecule has 2 saturated carbocycles. The Labute approximate surface area is 259 Å². The number of morpholine rings is 1. The molecule has 2 atom stereocenters. The van der Waals surface area contributed by atoms with Gasteiger partial charge in [-0.05, 0) is 68.2 Å². The second kappa shape index (κ2) is 12.5. The zero-order valence-corrected chi connectivity index (χ0v) is 26.6. The van der Waals surface area contributed by atoms with Crippen LogP contribution in [0.5, 0.6) is 0 Å². The Bertz CT molecular complexity index is 1520. The van der Waals surface area contributed by atoms with Crippen LogP contribution in [0.3, 0.4) is 0 Å². The molecule has 43 heavy (non-hydrogen) atoms. The largest absolute Gasteiger partial charge is 0.377 e. The molecule has 1 aromatic carbocycles. The molecule has 0 amide bonds. The third kappa shape index (κ3) is 5.90. The van der Waals surface area contributed by atoms with Crippen LogP contribution in [-0.4, -0.2) is 56.1 Å². The summed E-state index contributed by atoms with van der Waals surface area (Å²) < 4.78 is 10.6. The summed E-state index contributed by atoms with van der Waals surface area (Å²) in [6, 6.07) is 13.3. The average molecular weight is 600 g/mol. The van der Waals surface area contributed by atoms with Crippen LogP contribution >= 0.6 is 11.8 Å². The number of imidazole rings is 1. The standard InChI is InChI=1S/C34H45N7OS/c1-23-12-14-25(15-13-23)20-41-30-31(35-24(2)26-10-7-11-26)36-33(39-17-16-28(21-39)43-3)37-32(30)38-34(41)40-18-19-42-22-29(40)27-8-5-4-6-9-27/h4-6,8-9,16-17,21,23-26,29H,7,10-15,18-20,22H2,1-3H3,(H,35,36,37)/t23?,24-,25?,29+/m1/s1. The summed E-state index contributed by atoms with van der Waals surface area (Å²) >= 11 is 1.73. The lowest BCUT2D eigenvalue weighted by Gasteiger charge is -2.37. The van der Waals surface area contributed by atoms with Crippen molar-refractivity contribution in [2.45, 2.75) is 82.3 Å². The van der Waals surface area contributed by atoms with Crippen molar-refractivity contribution < 1.29 is 4.74 Å². The number of nitrogens with zero attached hydrogens (tertiary/aromatic N) is 6. The van der Waals surface area contributed by atoms with Gasteiger partial charge in [-0.25, -0.2) is 0 Å². The second-order valence-electron chi connectivity index (χ2n) is 13.0. The summed E-state index contributed by atoms with van der Waals surface area (Å²) in [6.45, 7) is 7.78. The van der Waals surface area contributed by atoms with Gasteiger partial charge in [-0.2, -0.15) is 15.0 Å². The van der Waals surface area contributed by atoms with Crippen molar-refractivity contribution in [3.05, 3.63) is 54.4 Å². The molecule has 0 bridgehead atoms. The van der Waals surface area contributed by atoms with Crippen molar-refractivity contribution in [2.24, 2.45) is 17.8 Å². The molecule has 1 saturated heterocycles. The summed E-state index contributed by atoms with van der Waals surface area (Å²) in [7, 11) is 0. The summed E-state index contributed by atoms with van der Waals surface area (Å²) in [5.41, 5.74) is 3.07. The number of nitrogens with one attached hydrogen (secondary N) is 1. The Morgan fingerprint density at radius 1 is 1.02 bits per heavy atom. The minimum atomic E-state index is 0.100. The van der Waals surface area contributed by atoms with Gasteiger partial charge in [0.2, 0.25) is 11.9 Å². The van der Waals surface area contributed by atoms with E-state index in [2.05, 4.69) is 83.7 Å². The van der Waals surface area contributed by atoms with E-state index in [1.165, 1.54) is 55.4 Å². The van der Waals surface area contributed by atoms with Crippen molar-refractivity contribution in [2.75, 3.05) is 36.2 Å². The Hall–Kier alpha value is -3.04. The van der Waals surface area contributed by atoms with Gasteiger partial charge in [0, 0.05) is 36.4 Å². The maximum atomic E-state index is 6.05. The number of thioether (sulfide) groups is 1. The number of benzene rings is 1. The zero-order valence-electron chi connectivity index (χ0n) is 25.8. The molecular formula is C34H45N7OS. The summed E-state index contributed by atoms with van der Waals surface area (Å²) in [5, 5.41) is 3.89. The summed E-state index contributed by atoms with van der Waals surface area (Å²) in [5.74, 6) is 4.69. The number of aromatic nitrogens is 5. The third-order valence-electron chi connectivity index (χ3n) is 10.1. The van der Waals surface area contributed by atoms with E-state index in [0.29, 0.717) is 37.0 Å². The number of ether oxygens (including phenoxy) is 1. The van der Waals surface area contributed by atoms with E-state index in [0.717, 1.165) is 41.9 Å². The molecule has 2 aliphatic carbocycles. The lowest BCUT2D eigenvalue weighted by molar-refractivity contribution is 0.0927. The molecule has 1 N–H and O–H groups in total. The van der Waals surface area contributed by atoms with Crippen LogP contribution in [0, 0.1) is 17.8 Å². The Morgan fingerprint density at radius 3 is 2.56 bits per heavy atom. The molecule has 9 heteroatoms. The van der Waals surface area contributed by atoms with E-state index < -0.39 is 0 Å². The first-order valence-corrected chi connectivity index (χ1v) is 17.5. The van der Waals surface area contributed by atoms with Crippen molar-refractivity contribution in [1.82, 2.24) is 24.1 Å². The van der Waals surface area contributed by atoms with Crippen molar-refractivity contribution in [3.8, 4) is 5.95 Å². The van der Waals surface area contributed by atoms with Gasteiger partial charge < -0.3 is 19.5 Å². The first-order valence-electron chi connectivity index (χ1n) is 16.2. The number of hydrogen-bond acceptors (Lipinski definition) is 7. The zero-order chi connectivity index (χ0) is 29.3. The van der Waals surface area contributed by atoms with Gasteiger partial charge in [0.25, 0.3) is 0 Å². The van der Waals surface area contributed by atoms with Crippen LogP contribution in [-0.2, 0) is 11.3 Å². The van der Waals surface area contributed by atoms with E-state index in [1.54, 1.807) is 11.8 Å². The molecule has 0 spiro atoms. The topological polar surface area (TPSA) is 73.0 Å². The van der Waals surface area contributed by atoms with Crippen molar-refractivity contribution >= 4 is 34.7 Å². The van der Waals surface area contributed by atoms with Crippen LogP contribution in [0.25, 0.3) is 17.1 Å². The Morgan fingerprint density at radius 2 is 1.84 bits per heavy atom. The van der Waals surface area contributed by atoms with E-state index in [4.69, 9.17) is 19.7 Å². The molecule has 3 fully saturated rings. The van der Waals surface area contributed by atoms with Crippen LogP contribution in [0.4, 0.5) is 11.8 Å². The van der Waals surface area contributed by atoms with Crippen LogP contribution in [0.1, 0.15) is 70.4 Å². The monoisotopic (exact) mass is 599 g/mol. The van der Waals surface area contributed by atoms with Crippen LogP contribution in [0.2, 0.25) is 0 Å². The highest BCUT2D eigenvalue weighted by atomic mass is 32.2. The van der Waals surface area contributed by atoms with E-state index in [-0.39, 0.29) is 6.04 Å². The molecular weight excluding hydrogens is 554 g/mol. The van der Waals surface area contributed by atoms with Gasteiger partial charge in [0.15, 0.2) is 11.5 Å². The maximum Gasteiger partial charge on any atom is 0.237 e.